The first-order chi connectivity index (χ1) is 11.7. The molecule has 0 radical (unpaired) electrons. The van der Waals surface area contributed by atoms with E-state index < -0.39 is 0 Å². The van der Waals surface area contributed by atoms with Crippen LogP contribution in [0.25, 0.3) is 21.0 Å². The van der Waals surface area contributed by atoms with E-state index in [1.165, 1.54) is 0 Å². The number of H-pyrrole nitrogens is 1. The van der Waals surface area contributed by atoms with Gasteiger partial charge in [0.25, 0.3) is 5.91 Å². The fourth-order valence-electron chi connectivity index (χ4n) is 2.83. The van der Waals surface area contributed by atoms with Crippen molar-refractivity contribution >= 4 is 44.4 Å². The van der Waals surface area contributed by atoms with E-state index in [-0.39, 0.29) is 5.91 Å². The highest BCUT2D eigenvalue weighted by Crippen LogP contribution is 2.25. The molecule has 2 heterocycles. The molecule has 4 rings (SSSR count). The van der Waals surface area contributed by atoms with Gasteiger partial charge in [0.05, 0.1) is 11.8 Å². The first-order valence-electron chi connectivity index (χ1n) is 7.61. The fraction of sp³-hybridized carbons (Fsp3) is 0.0526. The molecule has 4 aromatic rings. The van der Waals surface area contributed by atoms with Crippen molar-refractivity contribution < 1.29 is 4.79 Å². The third-order valence-electron chi connectivity index (χ3n) is 4.03. The van der Waals surface area contributed by atoms with Crippen LogP contribution in [0, 0.1) is 6.92 Å². The van der Waals surface area contributed by atoms with Crippen molar-refractivity contribution in [2.24, 2.45) is 5.10 Å². The van der Waals surface area contributed by atoms with Crippen LogP contribution in [0.1, 0.15) is 21.6 Å². The number of nitrogens with one attached hydrogen (secondary N) is 2. The molecule has 1 amide bonds. The highest BCUT2D eigenvalue weighted by Gasteiger charge is 2.11. The predicted molar refractivity (Wildman–Crippen MR) is 99.9 cm³/mol. The maximum Gasteiger partial charge on any atom is 0.272 e. The molecule has 0 bridgehead atoms. The lowest BCUT2D eigenvalue weighted by atomic mass is 10.1. The molecule has 0 fully saturated rings. The zero-order valence-corrected chi connectivity index (χ0v) is 13.9. The van der Waals surface area contributed by atoms with Crippen LogP contribution in [0.5, 0.6) is 0 Å². The average molecular weight is 333 g/mol. The van der Waals surface area contributed by atoms with Gasteiger partial charge in [-0.1, -0.05) is 36.4 Å². The number of aryl methyl sites for hydroxylation is 1. The number of para-hydroxylation sites is 1. The Morgan fingerprint density at radius 2 is 1.88 bits per heavy atom. The van der Waals surface area contributed by atoms with Gasteiger partial charge in [0.2, 0.25) is 0 Å². The lowest BCUT2D eigenvalue weighted by Crippen LogP contribution is -2.17. The molecule has 0 aliphatic rings. The van der Waals surface area contributed by atoms with Crippen LogP contribution in [-0.4, -0.2) is 17.1 Å². The molecule has 0 saturated carbocycles. The van der Waals surface area contributed by atoms with E-state index in [0.717, 1.165) is 32.2 Å². The third kappa shape index (κ3) is 2.49. The van der Waals surface area contributed by atoms with Gasteiger partial charge in [-0.15, -0.1) is 11.3 Å². The van der Waals surface area contributed by atoms with Crippen LogP contribution in [0.3, 0.4) is 0 Å². The van der Waals surface area contributed by atoms with Crippen molar-refractivity contribution in [2.75, 3.05) is 0 Å². The first-order valence-corrected chi connectivity index (χ1v) is 8.49. The van der Waals surface area contributed by atoms with Gasteiger partial charge in [0.1, 0.15) is 0 Å². The predicted octanol–water partition coefficient (Wildman–Crippen LogP) is 4.45. The summed E-state index contributed by atoms with van der Waals surface area (Å²) in [7, 11) is 0. The van der Waals surface area contributed by atoms with Crippen molar-refractivity contribution in [3.05, 3.63) is 70.7 Å². The molecule has 118 valence electrons. The Bertz CT molecular complexity index is 1070. The zero-order valence-electron chi connectivity index (χ0n) is 13.0. The number of amides is 1. The molecule has 2 aromatic carbocycles. The molecule has 4 nitrogen and oxygen atoms in total. The van der Waals surface area contributed by atoms with E-state index in [0.29, 0.717) is 5.56 Å². The second kappa shape index (κ2) is 5.94. The molecule has 0 saturated heterocycles. The minimum absolute atomic E-state index is 0.193. The second-order valence-electron chi connectivity index (χ2n) is 5.55. The number of thiophene rings is 1. The van der Waals surface area contributed by atoms with Crippen LogP contribution < -0.4 is 5.43 Å². The van der Waals surface area contributed by atoms with E-state index in [1.807, 2.05) is 60.8 Å². The zero-order chi connectivity index (χ0) is 16.5. The third-order valence-corrected chi connectivity index (χ3v) is 4.99. The van der Waals surface area contributed by atoms with Crippen LogP contribution >= 0.6 is 11.3 Å². The van der Waals surface area contributed by atoms with Crippen molar-refractivity contribution in [1.82, 2.24) is 10.4 Å². The summed E-state index contributed by atoms with van der Waals surface area (Å²) >= 11 is 1.56. The Balaban J connectivity index is 1.59. The monoisotopic (exact) mass is 333 g/mol. The highest BCUT2D eigenvalue weighted by molar-refractivity contribution is 7.17. The maximum absolute atomic E-state index is 12.4. The fourth-order valence-corrected chi connectivity index (χ4v) is 3.77. The Kier molecular flexibility index (Phi) is 3.63. The summed E-state index contributed by atoms with van der Waals surface area (Å²) in [5, 5.41) is 8.06. The molecule has 2 N–H and O–H groups in total. The standard InChI is InChI=1S/C19H15N3OS/c1-12-15(13-6-2-4-8-17(13)21-12)10-20-22-19(23)16-11-24-18-9-5-3-7-14(16)18/h2-11,21H,1H3,(H,22,23). The van der Waals surface area contributed by atoms with Gasteiger partial charge >= 0.3 is 0 Å². The molecule has 0 aliphatic carbocycles. The molecule has 24 heavy (non-hydrogen) atoms. The van der Waals surface area contributed by atoms with Gasteiger partial charge < -0.3 is 4.98 Å². The van der Waals surface area contributed by atoms with Gasteiger partial charge in [0.15, 0.2) is 0 Å². The van der Waals surface area contributed by atoms with Gasteiger partial charge in [-0.2, -0.15) is 5.10 Å². The Morgan fingerprint density at radius 3 is 2.75 bits per heavy atom. The van der Waals surface area contributed by atoms with Gasteiger partial charge in [-0.3, -0.25) is 4.79 Å². The van der Waals surface area contributed by atoms with E-state index in [1.54, 1.807) is 17.6 Å². The number of fused-ring (bicyclic) bond motifs is 2. The maximum atomic E-state index is 12.4. The SMILES string of the molecule is Cc1[nH]c2ccccc2c1C=NNC(=O)c1csc2ccccc12. The number of rotatable bonds is 3. The molecule has 0 spiro atoms. The number of aromatic nitrogens is 1. The molecule has 2 aromatic heterocycles. The highest BCUT2D eigenvalue weighted by atomic mass is 32.1. The molecular weight excluding hydrogens is 318 g/mol. The normalized spacial score (nSPS) is 11.5. The summed E-state index contributed by atoms with van der Waals surface area (Å²) in [4.78, 5) is 15.7. The minimum atomic E-state index is -0.193. The van der Waals surface area contributed by atoms with Crippen LogP contribution in [0.4, 0.5) is 0 Å². The number of hydrazone groups is 1. The van der Waals surface area contributed by atoms with Gasteiger partial charge in [-0.25, -0.2) is 5.43 Å². The Labute approximate surface area is 142 Å². The summed E-state index contributed by atoms with van der Waals surface area (Å²) < 4.78 is 1.10. The van der Waals surface area contributed by atoms with E-state index in [2.05, 4.69) is 15.5 Å². The molecule has 0 atom stereocenters. The molecular formula is C19H15N3OS. The van der Waals surface area contributed by atoms with E-state index in [9.17, 15) is 4.79 Å². The second-order valence-corrected chi connectivity index (χ2v) is 6.47. The number of nitrogens with zero attached hydrogens (tertiary/aromatic N) is 1. The topological polar surface area (TPSA) is 57.2 Å². The molecule has 0 aliphatic heterocycles. The summed E-state index contributed by atoms with van der Waals surface area (Å²) in [6, 6.07) is 15.9. The van der Waals surface area contributed by atoms with Gasteiger partial charge in [0, 0.05) is 37.6 Å². The lowest BCUT2D eigenvalue weighted by Gasteiger charge is -1.98. The van der Waals surface area contributed by atoms with Crippen LogP contribution in [0.15, 0.2) is 59.0 Å². The molecule has 5 heteroatoms. The number of carbonyl (C=O) groups excluding carboxylic acids is 1. The van der Waals surface area contributed by atoms with Crippen molar-refractivity contribution in [2.45, 2.75) is 6.92 Å². The number of hydrogen-bond acceptors (Lipinski definition) is 3. The van der Waals surface area contributed by atoms with E-state index in [4.69, 9.17) is 0 Å². The van der Waals surface area contributed by atoms with Crippen molar-refractivity contribution in [1.29, 1.82) is 0 Å². The molecule has 0 unspecified atom stereocenters. The largest absolute Gasteiger partial charge is 0.358 e. The van der Waals surface area contributed by atoms with Crippen LogP contribution in [-0.2, 0) is 0 Å². The summed E-state index contributed by atoms with van der Waals surface area (Å²) in [5.74, 6) is -0.193. The summed E-state index contributed by atoms with van der Waals surface area (Å²) in [6.07, 6.45) is 1.70. The van der Waals surface area contributed by atoms with Crippen LogP contribution in [0.2, 0.25) is 0 Å². The van der Waals surface area contributed by atoms with Gasteiger partial charge in [-0.05, 0) is 19.1 Å². The Morgan fingerprint density at radius 1 is 1.12 bits per heavy atom. The van der Waals surface area contributed by atoms with Crippen molar-refractivity contribution in [3.63, 3.8) is 0 Å². The number of benzene rings is 2. The number of aromatic amines is 1. The Hall–Kier alpha value is -2.92. The summed E-state index contributed by atoms with van der Waals surface area (Å²) in [5.41, 5.74) is 6.36. The van der Waals surface area contributed by atoms with Crippen molar-refractivity contribution in [3.8, 4) is 0 Å². The van der Waals surface area contributed by atoms with E-state index >= 15 is 0 Å². The number of hydrogen-bond donors (Lipinski definition) is 2. The number of carbonyl (C=O) groups is 1. The summed E-state index contributed by atoms with van der Waals surface area (Å²) in [6.45, 7) is 2.00. The average Bonchev–Trinajstić information content (AvgIpc) is 3.16. The first kappa shape index (κ1) is 14.7. The smallest absolute Gasteiger partial charge is 0.272 e. The minimum Gasteiger partial charge on any atom is -0.358 e. The lowest BCUT2D eigenvalue weighted by molar-refractivity contribution is 0.0957. The quantitative estimate of drug-likeness (QED) is 0.422.